The van der Waals surface area contributed by atoms with E-state index in [1.54, 1.807) is 0 Å². The maximum Gasteiger partial charge on any atom is 0.0561 e. The second-order valence-corrected chi connectivity index (χ2v) is 6.65. The lowest BCUT2D eigenvalue weighted by molar-refractivity contribution is 0.353. The number of rotatable bonds is 3. The SMILES string of the molecule is CCC1CCC(S(=O)c2cccc(N)c2)CC1. The third kappa shape index (κ3) is 3.09. The number of nitrogen functional groups attached to an aromatic ring is 1. The number of nitrogens with two attached hydrogens (primary N) is 1. The normalized spacial score (nSPS) is 26.6. The standard InChI is InChI=1S/C14H21NOS/c1-2-11-6-8-13(9-7-11)17(16)14-5-3-4-12(15)10-14/h3-5,10-11,13H,2,6-9,15H2,1H3. The Morgan fingerprint density at radius 1 is 1.29 bits per heavy atom. The van der Waals surface area contributed by atoms with Crippen molar-refractivity contribution in [2.24, 2.45) is 5.92 Å². The van der Waals surface area contributed by atoms with E-state index in [1.165, 1.54) is 19.3 Å². The van der Waals surface area contributed by atoms with E-state index >= 15 is 0 Å². The zero-order chi connectivity index (χ0) is 12.3. The minimum Gasteiger partial charge on any atom is -0.399 e. The van der Waals surface area contributed by atoms with Crippen LogP contribution in [0.4, 0.5) is 5.69 Å². The van der Waals surface area contributed by atoms with Crippen molar-refractivity contribution >= 4 is 16.5 Å². The summed E-state index contributed by atoms with van der Waals surface area (Å²) in [5.41, 5.74) is 6.44. The van der Waals surface area contributed by atoms with Crippen LogP contribution in [0.15, 0.2) is 29.2 Å². The first kappa shape index (κ1) is 12.6. The summed E-state index contributed by atoms with van der Waals surface area (Å²) in [4.78, 5) is 0.893. The van der Waals surface area contributed by atoms with E-state index in [-0.39, 0.29) is 0 Å². The van der Waals surface area contributed by atoms with Gasteiger partial charge in [0.25, 0.3) is 0 Å². The van der Waals surface area contributed by atoms with E-state index in [0.29, 0.717) is 10.9 Å². The Morgan fingerprint density at radius 2 is 2.00 bits per heavy atom. The van der Waals surface area contributed by atoms with E-state index < -0.39 is 10.8 Å². The lowest BCUT2D eigenvalue weighted by Crippen LogP contribution is -2.23. The van der Waals surface area contributed by atoms with Crippen molar-refractivity contribution in [1.82, 2.24) is 0 Å². The summed E-state index contributed by atoms with van der Waals surface area (Å²) in [7, 11) is -0.877. The van der Waals surface area contributed by atoms with Crippen LogP contribution in [0.3, 0.4) is 0 Å². The van der Waals surface area contributed by atoms with Crippen molar-refractivity contribution in [1.29, 1.82) is 0 Å². The predicted molar refractivity (Wildman–Crippen MR) is 73.3 cm³/mol. The van der Waals surface area contributed by atoms with E-state index in [9.17, 15) is 4.21 Å². The summed E-state index contributed by atoms with van der Waals surface area (Å²) in [6, 6.07) is 7.51. The van der Waals surface area contributed by atoms with Crippen LogP contribution in [0.2, 0.25) is 0 Å². The molecule has 1 fully saturated rings. The molecular formula is C14H21NOS. The van der Waals surface area contributed by atoms with Gasteiger partial charge in [-0.25, -0.2) is 0 Å². The van der Waals surface area contributed by atoms with Gasteiger partial charge in [-0.05, 0) is 49.8 Å². The van der Waals surface area contributed by atoms with E-state index in [1.807, 2.05) is 24.3 Å². The molecule has 1 aromatic carbocycles. The molecule has 2 N–H and O–H groups in total. The minimum absolute atomic E-state index is 0.333. The highest BCUT2D eigenvalue weighted by Gasteiger charge is 2.25. The third-order valence-corrected chi connectivity index (χ3v) is 5.56. The van der Waals surface area contributed by atoms with E-state index in [4.69, 9.17) is 5.73 Å². The number of benzene rings is 1. The van der Waals surface area contributed by atoms with Gasteiger partial charge in [-0.1, -0.05) is 19.4 Å². The lowest BCUT2D eigenvalue weighted by Gasteiger charge is -2.27. The quantitative estimate of drug-likeness (QED) is 0.837. The first-order valence-electron chi connectivity index (χ1n) is 6.46. The summed E-state index contributed by atoms with van der Waals surface area (Å²) in [6.07, 6.45) is 5.92. The van der Waals surface area contributed by atoms with E-state index in [0.717, 1.165) is 23.7 Å². The molecule has 2 rings (SSSR count). The van der Waals surface area contributed by atoms with Crippen LogP contribution in [-0.2, 0) is 10.8 Å². The Kier molecular flexibility index (Phi) is 4.21. The predicted octanol–water partition coefficient (Wildman–Crippen LogP) is 3.35. The molecule has 1 atom stereocenters. The number of hydrogen-bond acceptors (Lipinski definition) is 2. The average molecular weight is 251 g/mol. The first-order chi connectivity index (χ1) is 8.20. The van der Waals surface area contributed by atoms with Crippen LogP contribution in [-0.4, -0.2) is 9.46 Å². The van der Waals surface area contributed by atoms with Crippen molar-refractivity contribution < 1.29 is 4.21 Å². The molecule has 0 aromatic heterocycles. The van der Waals surface area contributed by atoms with Gasteiger partial charge in [0.2, 0.25) is 0 Å². The van der Waals surface area contributed by atoms with Gasteiger partial charge in [0.05, 0.1) is 10.8 Å². The second-order valence-electron chi connectivity index (χ2n) is 4.92. The summed E-state index contributed by atoms with van der Waals surface area (Å²) < 4.78 is 12.4. The van der Waals surface area contributed by atoms with Gasteiger partial charge in [-0.2, -0.15) is 0 Å². The fourth-order valence-corrected chi connectivity index (χ4v) is 4.14. The summed E-state index contributed by atoms with van der Waals surface area (Å²) in [5, 5.41) is 0.333. The summed E-state index contributed by atoms with van der Waals surface area (Å²) >= 11 is 0. The van der Waals surface area contributed by atoms with Crippen LogP contribution in [0.25, 0.3) is 0 Å². The molecule has 1 unspecified atom stereocenters. The maximum atomic E-state index is 12.4. The molecule has 94 valence electrons. The van der Waals surface area contributed by atoms with Gasteiger partial charge < -0.3 is 5.73 Å². The molecule has 0 aliphatic heterocycles. The van der Waals surface area contributed by atoms with Crippen LogP contribution >= 0.6 is 0 Å². The molecule has 0 amide bonds. The van der Waals surface area contributed by atoms with Gasteiger partial charge >= 0.3 is 0 Å². The van der Waals surface area contributed by atoms with Gasteiger partial charge in [-0.3, -0.25) is 4.21 Å². The highest BCUT2D eigenvalue weighted by atomic mass is 32.2. The van der Waals surface area contributed by atoms with E-state index in [2.05, 4.69) is 6.92 Å². The molecule has 0 saturated heterocycles. The Morgan fingerprint density at radius 3 is 2.59 bits per heavy atom. The van der Waals surface area contributed by atoms with Crippen LogP contribution < -0.4 is 5.73 Å². The molecule has 1 aliphatic carbocycles. The molecule has 0 spiro atoms. The van der Waals surface area contributed by atoms with Crippen molar-refractivity contribution in [3.8, 4) is 0 Å². The Hall–Kier alpha value is -0.830. The second kappa shape index (κ2) is 5.67. The van der Waals surface area contributed by atoms with Crippen molar-refractivity contribution in [2.45, 2.75) is 49.2 Å². The van der Waals surface area contributed by atoms with Crippen molar-refractivity contribution in [2.75, 3.05) is 5.73 Å². The summed E-state index contributed by atoms with van der Waals surface area (Å²) in [6.45, 7) is 2.25. The molecule has 1 saturated carbocycles. The first-order valence-corrected chi connectivity index (χ1v) is 7.68. The fraction of sp³-hybridized carbons (Fsp3) is 0.571. The van der Waals surface area contributed by atoms with Crippen LogP contribution in [0.5, 0.6) is 0 Å². The van der Waals surface area contributed by atoms with Gasteiger partial charge in [0.15, 0.2) is 0 Å². The molecule has 0 radical (unpaired) electrons. The molecule has 1 aromatic rings. The molecule has 2 nitrogen and oxygen atoms in total. The molecule has 3 heteroatoms. The summed E-state index contributed by atoms with van der Waals surface area (Å²) in [5.74, 6) is 0.851. The Labute approximate surface area is 106 Å². The smallest absolute Gasteiger partial charge is 0.0561 e. The topological polar surface area (TPSA) is 43.1 Å². The molecular weight excluding hydrogens is 230 g/mol. The minimum atomic E-state index is -0.877. The Bertz CT molecular complexity index is 397. The molecule has 17 heavy (non-hydrogen) atoms. The van der Waals surface area contributed by atoms with Crippen LogP contribution in [0.1, 0.15) is 39.0 Å². The molecule has 1 aliphatic rings. The van der Waals surface area contributed by atoms with Gasteiger partial charge in [0, 0.05) is 15.8 Å². The maximum absolute atomic E-state index is 12.4. The van der Waals surface area contributed by atoms with Crippen LogP contribution in [0, 0.1) is 5.92 Å². The van der Waals surface area contributed by atoms with Crippen molar-refractivity contribution in [3.05, 3.63) is 24.3 Å². The fourth-order valence-electron chi connectivity index (χ4n) is 2.59. The van der Waals surface area contributed by atoms with Gasteiger partial charge in [-0.15, -0.1) is 0 Å². The number of hydrogen-bond donors (Lipinski definition) is 1. The number of anilines is 1. The highest BCUT2D eigenvalue weighted by Crippen LogP contribution is 2.31. The monoisotopic (exact) mass is 251 g/mol. The third-order valence-electron chi connectivity index (χ3n) is 3.76. The zero-order valence-electron chi connectivity index (χ0n) is 10.4. The average Bonchev–Trinajstić information content (AvgIpc) is 2.38. The zero-order valence-corrected chi connectivity index (χ0v) is 11.2. The Balaban J connectivity index is 2.02. The van der Waals surface area contributed by atoms with Crippen molar-refractivity contribution in [3.63, 3.8) is 0 Å². The molecule has 0 heterocycles. The molecule has 0 bridgehead atoms. The lowest BCUT2D eigenvalue weighted by atomic mass is 9.87. The largest absolute Gasteiger partial charge is 0.399 e. The van der Waals surface area contributed by atoms with Gasteiger partial charge in [0.1, 0.15) is 0 Å². The highest BCUT2D eigenvalue weighted by molar-refractivity contribution is 7.85.